The van der Waals surface area contributed by atoms with Crippen molar-refractivity contribution in [2.45, 2.75) is 25.7 Å². The highest BCUT2D eigenvalue weighted by Crippen LogP contribution is 2.22. The summed E-state index contributed by atoms with van der Waals surface area (Å²) in [7, 11) is 0. The van der Waals surface area contributed by atoms with Gasteiger partial charge in [0.05, 0.1) is 0 Å². The monoisotopic (exact) mass is 241 g/mol. The fourth-order valence-corrected chi connectivity index (χ4v) is 1.77. The third-order valence-electron chi connectivity index (χ3n) is 2.70. The Balaban J connectivity index is 2.52. The van der Waals surface area contributed by atoms with Gasteiger partial charge in [0.15, 0.2) is 0 Å². The van der Waals surface area contributed by atoms with Crippen molar-refractivity contribution in [3.63, 3.8) is 0 Å². The van der Waals surface area contributed by atoms with E-state index in [2.05, 4.69) is 31.8 Å². The number of hydrogen-bond acceptors (Lipinski definition) is 2. The van der Waals surface area contributed by atoms with Gasteiger partial charge in [-0.1, -0.05) is 26.0 Å². The predicted octanol–water partition coefficient (Wildman–Crippen LogP) is 3.01. The Kier molecular flexibility index (Phi) is 5.29. The quantitative estimate of drug-likeness (QED) is 0.576. The maximum Gasteiger partial charge on any atom is 0.123 e. The molecule has 0 aromatic heterocycles. The smallest absolute Gasteiger partial charge is 0.123 e. The average Bonchev–Trinajstić information content (AvgIpc) is 2.25. The van der Waals surface area contributed by atoms with Crippen molar-refractivity contribution in [2.24, 2.45) is 0 Å². The molecule has 90 valence electrons. The maximum absolute atomic E-state index is 12.8. The molecular formula is C13H20FNS. The zero-order valence-corrected chi connectivity index (χ0v) is 10.9. The first kappa shape index (κ1) is 13.5. The molecule has 0 unspecified atom stereocenters. The van der Waals surface area contributed by atoms with Gasteiger partial charge in [0.1, 0.15) is 5.82 Å². The number of rotatable bonds is 6. The molecule has 1 N–H and O–H groups in total. The van der Waals surface area contributed by atoms with E-state index in [1.807, 2.05) is 12.1 Å². The Morgan fingerprint density at radius 2 is 1.88 bits per heavy atom. The Bertz CT molecular complexity index is 308. The molecule has 0 fully saturated rings. The number of thiol groups is 1. The van der Waals surface area contributed by atoms with E-state index in [0.717, 1.165) is 30.8 Å². The molecule has 0 saturated heterocycles. The Morgan fingerprint density at radius 3 is 2.44 bits per heavy atom. The summed E-state index contributed by atoms with van der Waals surface area (Å²) in [6.45, 7) is 6.20. The van der Waals surface area contributed by atoms with Crippen LogP contribution in [0, 0.1) is 5.82 Å². The average molecular weight is 241 g/mol. The summed E-state index contributed by atoms with van der Waals surface area (Å²) in [5.41, 5.74) is 1.19. The Morgan fingerprint density at radius 1 is 1.25 bits per heavy atom. The molecule has 1 aromatic rings. The van der Waals surface area contributed by atoms with E-state index in [0.29, 0.717) is 0 Å². The molecular weight excluding hydrogens is 221 g/mol. The van der Waals surface area contributed by atoms with Crippen molar-refractivity contribution < 1.29 is 4.39 Å². The summed E-state index contributed by atoms with van der Waals surface area (Å²) < 4.78 is 12.8. The van der Waals surface area contributed by atoms with Gasteiger partial charge >= 0.3 is 0 Å². The molecule has 0 atom stereocenters. The van der Waals surface area contributed by atoms with Crippen LogP contribution in [-0.2, 0) is 5.41 Å². The molecule has 0 spiro atoms. The van der Waals surface area contributed by atoms with E-state index in [9.17, 15) is 4.39 Å². The lowest BCUT2D eigenvalue weighted by molar-refractivity contribution is 0.469. The van der Waals surface area contributed by atoms with Gasteiger partial charge < -0.3 is 5.32 Å². The lowest BCUT2D eigenvalue weighted by atomic mass is 9.84. The summed E-state index contributed by atoms with van der Waals surface area (Å²) in [6, 6.07) is 6.75. The second kappa shape index (κ2) is 6.26. The third-order valence-corrected chi connectivity index (χ3v) is 3.02. The largest absolute Gasteiger partial charge is 0.316 e. The minimum atomic E-state index is -0.178. The van der Waals surface area contributed by atoms with Crippen LogP contribution in [0.1, 0.15) is 25.8 Å². The minimum Gasteiger partial charge on any atom is -0.316 e. The van der Waals surface area contributed by atoms with Crippen molar-refractivity contribution in [1.82, 2.24) is 5.32 Å². The lowest BCUT2D eigenvalue weighted by Crippen LogP contribution is -2.33. The van der Waals surface area contributed by atoms with Crippen molar-refractivity contribution >= 4 is 12.6 Å². The Hall–Kier alpha value is -0.540. The van der Waals surface area contributed by atoms with Crippen molar-refractivity contribution in [1.29, 1.82) is 0 Å². The highest BCUT2D eigenvalue weighted by atomic mass is 32.1. The molecule has 0 aliphatic rings. The van der Waals surface area contributed by atoms with Crippen LogP contribution < -0.4 is 5.32 Å². The second-order valence-electron chi connectivity index (χ2n) is 4.64. The van der Waals surface area contributed by atoms with Crippen LogP contribution in [0.5, 0.6) is 0 Å². The zero-order chi connectivity index (χ0) is 12.0. The van der Waals surface area contributed by atoms with Gasteiger partial charge in [-0.05, 0) is 36.4 Å². The molecule has 16 heavy (non-hydrogen) atoms. The molecule has 1 rings (SSSR count). The summed E-state index contributed by atoms with van der Waals surface area (Å²) in [6.07, 6.45) is 1.07. The van der Waals surface area contributed by atoms with E-state index in [-0.39, 0.29) is 11.2 Å². The second-order valence-corrected chi connectivity index (χ2v) is 5.09. The number of benzene rings is 1. The fraction of sp³-hybridized carbons (Fsp3) is 0.538. The van der Waals surface area contributed by atoms with Crippen molar-refractivity contribution in [3.8, 4) is 0 Å². The van der Waals surface area contributed by atoms with Crippen LogP contribution in [0.15, 0.2) is 24.3 Å². The predicted molar refractivity (Wildman–Crippen MR) is 70.8 cm³/mol. The molecule has 0 saturated carbocycles. The van der Waals surface area contributed by atoms with Gasteiger partial charge in [-0.15, -0.1) is 0 Å². The van der Waals surface area contributed by atoms with Gasteiger partial charge in [-0.25, -0.2) is 4.39 Å². The van der Waals surface area contributed by atoms with Crippen LogP contribution in [0.4, 0.5) is 4.39 Å². The highest BCUT2D eigenvalue weighted by Gasteiger charge is 2.19. The van der Waals surface area contributed by atoms with Gasteiger partial charge in [0, 0.05) is 12.0 Å². The summed E-state index contributed by atoms with van der Waals surface area (Å²) in [5, 5.41) is 3.40. The summed E-state index contributed by atoms with van der Waals surface area (Å²) in [4.78, 5) is 0. The lowest BCUT2D eigenvalue weighted by Gasteiger charge is -2.25. The summed E-state index contributed by atoms with van der Waals surface area (Å²) in [5.74, 6) is 0.729. The topological polar surface area (TPSA) is 12.0 Å². The molecule has 0 radical (unpaired) electrons. The minimum absolute atomic E-state index is 0.0320. The highest BCUT2D eigenvalue weighted by molar-refractivity contribution is 7.80. The molecule has 0 heterocycles. The molecule has 1 nitrogen and oxygen atoms in total. The number of nitrogens with one attached hydrogen (secondary N) is 1. The molecule has 0 aliphatic carbocycles. The molecule has 1 aromatic carbocycles. The van der Waals surface area contributed by atoms with Crippen LogP contribution in [0.25, 0.3) is 0 Å². The SMILES string of the molecule is CC(C)(CNCCCS)c1ccc(F)cc1. The summed E-state index contributed by atoms with van der Waals surface area (Å²) >= 11 is 4.17. The first-order chi connectivity index (χ1) is 7.56. The van der Waals surface area contributed by atoms with Crippen LogP contribution in [0.2, 0.25) is 0 Å². The van der Waals surface area contributed by atoms with E-state index in [4.69, 9.17) is 0 Å². The van der Waals surface area contributed by atoms with Crippen LogP contribution >= 0.6 is 12.6 Å². The van der Waals surface area contributed by atoms with Crippen molar-refractivity contribution in [2.75, 3.05) is 18.8 Å². The number of halogens is 1. The molecule has 0 amide bonds. The third kappa shape index (κ3) is 4.14. The van der Waals surface area contributed by atoms with Crippen molar-refractivity contribution in [3.05, 3.63) is 35.6 Å². The molecule has 3 heteroatoms. The molecule has 0 aliphatic heterocycles. The van der Waals surface area contributed by atoms with Gasteiger partial charge in [-0.3, -0.25) is 0 Å². The Labute approximate surface area is 103 Å². The van der Waals surface area contributed by atoms with E-state index < -0.39 is 0 Å². The van der Waals surface area contributed by atoms with E-state index in [1.54, 1.807) is 0 Å². The van der Waals surface area contributed by atoms with Gasteiger partial charge in [0.2, 0.25) is 0 Å². The molecule has 0 bridgehead atoms. The fourth-order valence-electron chi connectivity index (χ4n) is 1.61. The maximum atomic E-state index is 12.8. The first-order valence-electron chi connectivity index (χ1n) is 5.64. The standard InChI is InChI=1S/C13H20FNS/c1-13(2,10-15-8-3-9-16)11-4-6-12(14)7-5-11/h4-7,15-16H,3,8-10H2,1-2H3. The van der Waals surface area contributed by atoms with Gasteiger partial charge in [-0.2, -0.15) is 12.6 Å². The van der Waals surface area contributed by atoms with E-state index in [1.165, 1.54) is 12.1 Å². The normalized spacial score (nSPS) is 11.8. The van der Waals surface area contributed by atoms with Crippen LogP contribution in [0.3, 0.4) is 0 Å². The van der Waals surface area contributed by atoms with Gasteiger partial charge in [0.25, 0.3) is 0 Å². The zero-order valence-electron chi connectivity index (χ0n) is 9.96. The van der Waals surface area contributed by atoms with Crippen LogP contribution in [-0.4, -0.2) is 18.8 Å². The van der Waals surface area contributed by atoms with E-state index >= 15 is 0 Å². The number of hydrogen-bond donors (Lipinski definition) is 2. The first-order valence-corrected chi connectivity index (χ1v) is 6.27.